The summed E-state index contributed by atoms with van der Waals surface area (Å²) in [5.74, 6) is 1.09. The number of rotatable bonds is 6. The first-order chi connectivity index (χ1) is 9.57. The van der Waals surface area contributed by atoms with E-state index < -0.39 is 5.60 Å². The van der Waals surface area contributed by atoms with E-state index in [0.29, 0.717) is 23.3 Å². The molecule has 0 aliphatic carbocycles. The summed E-state index contributed by atoms with van der Waals surface area (Å²) in [6.45, 7) is 4.41. The van der Waals surface area contributed by atoms with Crippen LogP contribution in [0.15, 0.2) is 28.8 Å². The number of aromatic nitrogens is 2. The van der Waals surface area contributed by atoms with Crippen molar-refractivity contribution in [2.45, 2.75) is 32.4 Å². The number of halogens is 1. The van der Waals surface area contributed by atoms with E-state index in [1.807, 2.05) is 38.1 Å². The van der Waals surface area contributed by atoms with Gasteiger partial charge in [0.15, 0.2) is 0 Å². The molecule has 0 spiro atoms. The lowest BCUT2D eigenvalue weighted by Gasteiger charge is -2.21. The highest BCUT2D eigenvalue weighted by atomic mass is 35.5. The molecule has 0 fully saturated rings. The highest BCUT2D eigenvalue weighted by Gasteiger charge is 2.29. The van der Waals surface area contributed by atoms with Gasteiger partial charge in [-0.2, -0.15) is 4.98 Å². The van der Waals surface area contributed by atoms with Gasteiger partial charge in [-0.05, 0) is 37.6 Å². The average molecular weight is 296 g/mol. The Labute approximate surface area is 123 Å². The van der Waals surface area contributed by atoms with Crippen LogP contribution in [0.2, 0.25) is 5.02 Å². The largest absolute Gasteiger partial charge is 0.376 e. The molecule has 0 saturated heterocycles. The van der Waals surface area contributed by atoms with Crippen molar-refractivity contribution in [3.05, 3.63) is 41.0 Å². The van der Waals surface area contributed by atoms with Crippen molar-refractivity contribution in [2.24, 2.45) is 0 Å². The zero-order chi connectivity index (χ0) is 14.6. The molecule has 0 aliphatic heterocycles. The Balaban J connectivity index is 2.01. The molecule has 0 amide bonds. The van der Waals surface area contributed by atoms with E-state index in [9.17, 15) is 0 Å². The summed E-state index contributed by atoms with van der Waals surface area (Å²) >= 11 is 5.83. The fourth-order valence-electron chi connectivity index (χ4n) is 1.68. The Morgan fingerprint density at radius 1 is 1.35 bits per heavy atom. The Morgan fingerprint density at radius 3 is 2.65 bits per heavy atom. The van der Waals surface area contributed by atoms with E-state index in [2.05, 4.69) is 15.5 Å². The predicted molar refractivity (Wildman–Crippen MR) is 77.7 cm³/mol. The van der Waals surface area contributed by atoms with Crippen LogP contribution in [0, 0.1) is 0 Å². The molecule has 6 heteroatoms. The average Bonchev–Trinajstić information content (AvgIpc) is 2.95. The number of benzene rings is 1. The van der Waals surface area contributed by atoms with Crippen molar-refractivity contribution in [1.29, 1.82) is 0 Å². The number of anilines is 1. The number of hydrogen-bond acceptors (Lipinski definition) is 5. The van der Waals surface area contributed by atoms with Crippen molar-refractivity contribution < 1.29 is 9.26 Å². The minimum atomic E-state index is -0.512. The van der Waals surface area contributed by atoms with Gasteiger partial charge in [0.2, 0.25) is 11.7 Å². The molecule has 0 saturated carbocycles. The summed E-state index contributed by atoms with van der Waals surface area (Å²) in [5.41, 5.74) is 0.432. The van der Waals surface area contributed by atoms with Crippen LogP contribution in [0.1, 0.15) is 32.0 Å². The van der Waals surface area contributed by atoms with Crippen LogP contribution in [0.25, 0.3) is 0 Å². The molecule has 0 aliphatic rings. The zero-order valence-electron chi connectivity index (χ0n) is 11.8. The molecular formula is C14H18ClN3O2. The van der Waals surface area contributed by atoms with Gasteiger partial charge >= 0.3 is 0 Å². The second-order valence-electron chi connectivity index (χ2n) is 4.66. The maximum absolute atomic E-state index is 5.83. The Hall–Kier alpha value is -1.59. The topological polar surface area (TPSA) is 60.2 Å². The monoisotopic (exact) mass is 295 g/mol. The van der Waals surface area contributed by atoms with Gasteiger partial charge in [-0.15, -0.1) is 0 Å². The Bertz CT molecular complexity index is 550. The first kappa shape index (κ1) is 14.8. The van der Waals surface area contributed by atoms with Gasteiger partial charge in [-0.25, -0.2) is 0 Å². The minimum Gasteiger partial charge on any atom is -0.376 e. The predicted octanol–water partition coefficient (Wildman–Crippen LogP) is 3.61. The lowest BCUT2D eigenvalue weighted by molar-refractivity contribution is -0.0106. The molecule has 20 heavy (non-hydrogen) atoms. The van der Waals surface area contributed by atoms with Crippen LogP contribution in [-0.2, 0) is 16.9 Å². The summed E-state index contributed by atoms with van der Waals surface area (Å²) in [6, 6.07) is 7.43. The third-order valence-electron chi connectivity index (χ3n) is 3.35. The molecule has 2 aromatic rings. The van der Waals surface area contributed by atoms with Crippen molar-refractivity contribution in [1.82, 2.24) is 10.1 Å². The smallest absolute Gasteiger partial charge is 0.246 e. The summed E-state index contributed by atoms with van der Waals surface area (Å²) in [4.78, 5) is 4.37. The number of methoxy groups -OCH3 is 1. The van der Waals surface area contributed by atoms with Gasteiger partial charge < -0.3 is 14.6 Å². The van der Waals surface area contributed by atoms with Crippen LogP contribution in [0.3, 0.4) is 0 Å². The lowest BCUT2D eigenvalue weighted by Crippen LogP contribution is -2.24. The molecule has 1 aromatic carbocycles. The van der Waals surface area contributed by atoms with Crippen molar-refractivity contribution in [2.75, 3.05) is 12.4 Å². The van der Waals surface area contributed by atoms with Gasteiger partial charge in [0.25, 0.3) is 0 Å². The third kappa shape index (κ3) is 3.29. The lowest BCUT2D eigenvalue weighted by atomic mass is 10.0. The van der Waals surface area contributed by atoms with E-state index >= 15 is 0 Å². The van der Waals surface area contributed by atoms with Gasteiger partial charge in [-0.3, -0.25) is 0 Å². The SMILES string of the molecule is CCC(C)(OC)c1noc(CNc2ccc(Cl)cc2)n1. The van der Waals surface area contributed by atoms with Gasteiger partial charge in [0.05, 0.1) is 6.54 Å². The van der Waals surface area contributed by atoms with E-state index in [-0.39, 0.29) is 0 Å². The molecule has 0 radical (unpaired) electrons. The number of nitrogens with one attached hydrogen (secondary N) is 1. The van der Waals surface area contributed by atoms with Gasteiger partial charge in [0, 0.05) is 17.8 Å². The highest BCUT2D eigenvalue weighted by molar-refractivity contribution is 6.30. The molecule has 0 bridgehead atoms. The maximum Gasteiger partial charge on any atom is 0.246 e. The second kappa shape index (κ2) is 6.24. The van der Waals surface area contributed by atoms with E-state index in [1.165, 1.54) is 0 Å². The standard InChI is InChI=1S/C14H18ClN3O2/c1-4-14(2,19-3)13-17-12(20-18-13)9-16-11-7-5-10(15)6-8-11/h5-8,16H,4,9H2,1-3H3. The van der Waals surface area contributed by atoms with Crippen LogP contribution in [0.5, 0.6) is 0 Å². The zero-order valence-corrected chi connectivity index (χ0v) is 12.6. The summed E-state index contributed by atoms with van der Waals surface area (Å²) in [7, 11) is 1.64. The van der Waals surface area contributed by atoms with Gasteiger partial charge in [0.1, 0.15) is 5.60 Å². The van der Waals surface area contributed by atoms with Gasteiger partial charge in [-0.1, -0.05) is 23.7 Å². The first-order valence-corrected chi connectivity index (χ1v) is 6.83. The van der Waals surface area contributed by atoms with Crippen LogP contribution in [-0.4, -0.2) is 17.3 Å². The molecule has 1 unspecified atom stereocenters. The molecule has 1 N–H and O–H groups in total. The second-order valence-corrected chi connectivity index (χ2v) is 5.10. The van der Waals surface area contributed by atoms with Crippen molar-refractivity contribution in [3.8, 4) is 0 Å². The van der Waals surface area contributed by atoms with Crippen LogP contribution >= 0.6 is 11.6 Å². The Morgan fingerprint density at radius 2 is 2.05 bits per heavy atom. The fraction of sp³-hybridized carbons (Fsp3) is 0.429. The maximum atomic E-state index is 5.83. The third-order valence-corrected chi connectivity index (χ3v) is 3.61. The molecule has 1 atom stereocenters. The molecule has 1 heterocycles. The quantitative estimate of drug-likeness (QED) is 0.882. The van der Waals surface area contributed by atoms with E-state index in [4.69, 9.17) is 20.9 Å². The number of ether oxygens (including phenoxy) is 1. The normalized spacial score (nSPS) is 14.0. The molecular weight excluding hydrogens is 278 g/mol. The number of hydrogen-bond donors (Lipinski definition) is 1. The fourth-order valence-corrected chi connectivity index (χ4v) is 1.81. The van der Waals surface area contributed by atoms with E-state index in [0.717, 1.165) is 12.1 Å². The van der Waals surface area contributed by atoms with E-state index in [1.54, 1.807) is 7.11 Å². The minimum absolute atomic E-state index is 0.456. The van der Waals surface area contributed by atoms with Crippen LogP contribution < -0.4 is 5.32 Å². The highest BCUT2D eigenvalue weighted by Crippen LogP contribution is 2.25. The summed E-state index contributed by atoms with van der Waals surface area (Å²) in [5, 5.41) is 7.88. The molecule has 108 valence electrons. The Kier molecular flexibility index (Phi) is 4.62. The molecule has 5 nitrogen and oxygen atoms in total. The van der Waals surface area contributed by atoms with Crippen molar-refractivity contribution in [3.63, 3.8) is 0 Å². The summed E-state index contributed by atoms with van der Waals surface area (Å²) in [6.07, 6.45) is 0.771. The molecule has 2 rings (SSSR count). The first-order valence-electron chi connectivity index (χ1n) is 6.45. The van der Waals surface area contributed by atoms with Crippen LogP contribution in [0.4, 0.5) is 5.69 Å². The summed E-state index contributed by atoms with van der Waals surface area (Å²) < 4.78 is 10.7. The molecule has 1 aromatic heterocycles. The van der Waals surface area contributed by atoms with Crippen molar-refractivity contribution >= 4 is 17.3 Å². The number of nitrogens with zero attached hydrogens (tertiary/aromatic N) is 2.